The van der Waals surface area contributed by atoms with Crippen LogP contribution in [0.4, 0.5) is 5.82 Å². The summed E-state index contributed by atoms with van der Waals surface area (Å²) >= 11 is 0. The van der Waals surface area contributed by atoms with Gasteiger partial charge in [0.05, 0.1) is 25.5 Å². The molecule has 2 aliphatic rings. The fourth-order valence-corrected chi connectivity index (χ4v) is 3.59. The average Bonchev–Trinajstić information content (AvgIpc) is 3.06. The largest absolute Gasteiger partial charge is 0.481 e. The molecule has 7 heteroatoms. The maximum atomic E-state index is 6.16. The molecule has 2 aromatic heterocycles. The standard InChI is InChI=1S/C18H22N4O3/c1-23-17-9-16(20-12-21-17)22-10-15(18-14(22)6-4-8-24-18)25-11-13-5-2-3-7-19-13/h2-3,5,7,9,12,14-15,18H,4,6,8,10-11H2,1H3/t14-,15+,18+/m1/s1. The lowest BCUT2D eigenvalue weighted by molar-refractivity contribution is -0.0789. The molecule has 4 rings (SSSR count). The Hall–Kier alpha value is -2.25. The minimum Gasteiger partial charge on any atom is -0.481 e. The number of pyridine rings is 1. The van der Waals surface area contributed by atoms with Crippen LogP contribution in [-0.2, 0) is 16.1 Å². The molecular formula is C18H22N4O3. The molecule has 2 fully saturated rings. The van der Waals surface area contributed by atoms with E-state index >= 15 is 0 Å². The molecule has 0 spiro atoms. The van der Waals surface area contributed by atoms with E-state index in [0.717, 1.165) is 37.5 Å². The monoisotopic (exact) mass is 342 g/mol. The molecule has 132 valence electrons. The van der Waals surface area contributed by atoms with Gasteiger partial charge in [-0.15, -0.1) is 0 Å². The van der Waals surface area contributed by atoms with Crippen LogP contribution in [0.3, 0.4) is 0 Å². The molecule has 4 heterocycles. The van der Waals surface area contributed by atoms with Crippen molar-refractivity contribution in [3.8, 4) is 5.88 Å². The Morgan fingerprint density at radius 2 is 2.24 bits per heavy atom. The highest BCUT2D eigenvalue weighted by Crippen LogP contribution is 2.34. The van der Waals surface area contributed by atoms with Gasteiger partial charge >= 0.3 is 0 Å². The van der Waals surface area contributed by atoms with Gasteiger partial charge in [-0.25, -0.2) is 9.97 Å². The molecule has 2 saturated heterocycles. The summed E-state index contributed by atoms with van der Waals surface area (Å²) in [5.41, 5.74) is 0.928. The molecule has 0 unspecified atom stereocenters. The minimum atomic E-state index is -0.00623. The fourth-order valence-electron chi connectivity index (χ4n) is 3.59. The van der Waals surface area contributed by atoms with E-state index in [4.69, 9.17) is 14.2 Å². The number of hydrogen-bond acceptors (Lipinski definition) is 7. The summed E-state index contributed by atoms with van der Waals surface area (Å²) in [6.45, 7) is 2.01. The SMILES string of the molecule is COc1cc(N2C[C@H](OCc3ccccn3)[C@H]3OCCC[C@H]32)ncn1. The third-order valence-electron chi connectivity index (χ3n) is 4.78. The van der Waals surface area contributed by atoms with Gasteiger partial charge in [-0.1, -0.05) is 6.07 Å². The summed E-state index contributed by atoms with van der Waals surface area (Å²) in [4.78, 5) is 15.1. The second kappa shape index (κ2) is 7.33. The van der Waals surface area contributed by atoms with Gasteiger partial charge in [0.2, 0.25) is 5.88 Å². The predicted octanol–water partition coefficient (Wildman–Crippen LogP) is 1.83. The number of hydrogen-bond donors (Lipinski definition) is 0. The predicted molar refractivity (Wildman–Crippen MR) is 91.5 cm³/mol. The zero-order chi connectivity index (χ0) is 17.1. The van der Waals surface area contributed by atoms with Crippen LogP contribution in [0.5, 0.6) is 5.88 Å². The van der Waals surface area contributed by atoms with Gasteiger partial charge in [0, 0.05) is 25.4 Å². The fraction of sp³-hybridized carbons (Fsp3) is 0.500. The van der Waals surface area contributed by atoms with E-state index in [2.05, 4.69) is 19.9 Å². The van der Waals surface area contributed by atoms with Gasteiger partial charge in [-0.05, 0) is 25.0 Å². The molecular weight excluding hydrogens is 320 g/mol. The normalized spacial score (nSPS) is 25.6. The second-order valence-electron chi connectivity index (χ2n) is 6.29. The van der Waals surface area contributed by atoms with Crippen molar-refractivity contribution in [3.05, 3.63) is 42.5 Å². The van der Waals surface area contributed by atoms with Crippen LogP contribution in [0, 0.1) is 0 Å². The van der Waals surface area contributed by atoms with Crippen LogP contribution in [0.15, 0.2) is 36.8 Å². The van der Waals surface area contributed by atoms with E-state index in [9.17, 15) is 0 Å². The molecule has 2 aliphatic heterocycles. The Balaban J connectivity index is 1.51. The highest BCUT2D eigenvalue weighted by Gasteiger charge is 2.45. The molecule has 0 aliphatic carbocycles. The lowest BCUT2D eigenvalue weighted by Gasteiger charge is -2.32. The smallest absolute Gasteiger partial charge is 0.218 e. The van der Waals surface area contributed by atoms with E-state index < -0.39 is 0 Å². The summed E-state index contributed by atoms with van der Waals surface area (Å²) in [6.07, 6.45) is 5.49. The molecule has 0 radical (unpaired) electrons. The molecule has 0 amide bonds. The Morgan fingerprint density at radius 1 is 1.28 bits per heavy atom. The molecule has 0 N–H and O–H groups in total. The van der Waals surface area contributed by atoms with Crippen molar-refractivity contribution in [2.75, 3.05) is 25.2 Å². The Morgan fingerprint density at radius 3 is 3.08 bits per heavy atom. The van der Waals surface area contributed by atoms with Crippen molar-refractivity contribution in [1.82, 2.24) is 15.0 Å². The van der Waals surface area contributed by atoms with Crippen molar-refractivity contribution in [3.63, 3.8) is 0 Å². The summed E-state index contributed by atoms with van der Waals surface area (Å²) < 4.78 is 17.4. The summed E-state index contributed by atoms with van der Waals surface area (Å²) in [5, 5.41) is 0. The highest BCUT2D eigenvalue weighted by atomic mass is 16.5. The molecule has 7 nitrogen and oxygen atoms in total. The molecule has 25 heavy (non-hydrogen) atoms. The molecule has 3 atom stereocenters. The van der Waals surface area contributed by atoms with Crippen molar-refractivity contribution >= 4 is 5.82 Å². The average molecular weight is 342 g/mol. The minimum absolute atomic E-state index is 0.00623. The topological polar surface area (TPSA) is 69.6 Å². The van der Waals surface area contributed by atoms with Crippen LogP contribution >= 0.6 is 0 Å². The molecule has 2 aromatic rings. The first-order valence-electron chi connectivity index (χ1n) is 8.61. The zero-order valence-corrected chi connectivity index (χ0v) is 14.2. The first kappa shape index (κ1) is 16.2. The number of fused-ring (bicyclic) bond motifs is 1. The third-order valence-corrected chi connectivity index (χ3v) is 4.78. The Bertz CT molecular complexity index is 700. The quantitative estimate of drug-likeness (QED) is 0.821. The number of ether oxygens (including phenoxy) is 3. The Kier molecular flexibility index (Phi) is 4.76. The van der Waals surface area contributed by atoms with Crippen LogP contribution in [-0.4, -0.2) is 53.5 Å². The van der Waals surface area contributed by atoms with Crippen molar-refractivity contribution < 1.29 is 14.2 Å². The van der Waals surface area contributed by atoms with Crippen LogP contribution in [0.2, 0.25) is 0 Å². The first-order valence-corrected chi connectivity index (χ1v) is 8.61. The number of methoxy groups -OCH3 is 1. The second-order valence-corrected chi connectivity index (χ2v) is 6.29. The van der Waals surface area contributed by atoms with Gasteiger partial charge in [0.25, 0.3) is 0 Å². The number of anilines is 1. The summed E-state index contributed by atoms with van der Waals surface area (Å²) in [7, 11) is 1.61. The van der Waals surface area contributed by atoms with Crippen LogP contribution < -0.4 is 9.64 Å². The zero-order valence-electron chi connectivity index (χ0n) is 14.2. The summed E-state index contributed by atoms with van der Waals surface area (Å²) in [5.74, 6) is 1.42. The number of aromatic nitrogens is 3. The van der Waals surface area contributed by atoms with Crippen molar-refractivity contribution in [2.45, 2.75) is 37.7 Å². The van der Waals surface area contributed by atoms with Gasteiger partial charge in [-0.3, -0.25) is 4.98 Å². The third kappa shape index (κ3) is 3.43. The van der Waals surface area contributed by atoms with E-state index in [1.54, 1.807) is 13.3 Å². The summed E-state index contributed by atoms with van der Waals surface area (Å²) in [6, 6.07) is 7.99. The van der Waals surface area contributed by atoms with Gasteiger partial charge < -0.3 is 19.1 Å². The highest BCUT2D eigenvalue weighted by molar-refractivity contribution is 5.45. The molecule has 0 aromatic carbocycles. The van der Waals surface area contributed by atoms with Crippen molar-refractivity contribution in [1.29, 1.82) is 0 Å². The van der Waals surface area contributed by atoms with Crippen molar-refractivity contribution in [2.24, 2.45) is 0 Å². The lowest BCUT2D eigenvalue weighted by Crippen LogP contribution is -2.42. The van der Waals surface area contributed by atoms with Gasteiger partial charge in [0.1, 0.15) is 24.4 Å². The van der Waals surface area contributed by atoms with E-state index in [-0.39, 0.29) is 18.2 Å². The van der Waals surface area contributed by atoms with E-state index in [0.29, 0.717) is 12.5 Å². The number of nitrogens with zero attached hydrogens (tertiary/aromatic N) is 4. The van der Waals surface area contributed by atoms with Gasteiger partial charge in [-0.2, -0.15) is 0 Å². The molecule has 0 saturated carbocycles. The van der Waals surface area contributed by atoms with Crippen LogP contribution in [0.25, 0.3) is 0 Å². The molecule has 0 bridgehead atoms. The number of rotatable bonds is 5. The van der Waals surface area contributed by atoms with Crippen LogP contribution in [0.1, 0.15) is 18.5 Å². The lowest BCUT2D eigenvalue weighted by atomic mass is 10.0. The van der Waals surface area contributed by atoms with E-state index in [1.807, 2.05) is 24.3 Å². The maximum Gasteiger partial charge on any atom is 0.218 e. The Labute approximate surface area is 147 Å². The van der Waals surface area contributed by atoms with Gasteiger partial charge in [0.15, 0.2) is 0 Å². The van der Waals surface area contributed by atoms with E-state index in [1.165, 1.54) is 6.33 Å². The maximum absolute atomic E-state index is 6.16. The first-order chi connectivity index (χ1) is 12.3.